The molecule has 1 aromatic heterocycles. The summed E-state index contributed by atoms with van der Waals surface area (Å²) in [5.41, 5.74) is 2.25. The third-order valence-electron chi connectivity index (χ3n) is 5.55. The van der Waals surface area contributed by atoms with Crippen LogP contribution in [0.25, 0.3) is 0 Å². The maximum atomic E-state index is 12.9. The predicted molar refractivity (Wildman–Crippen MR) is 128 cm³/mol. The Morgan fingerprint density at radius 3 is 2.58 bits per heavy atom. The molecule has 1 aliphatic rings. The van der Waals surface area contributed by atoms with Crippen molar-refractivity contribution in [3.63, 3.8) is 0 Å². The van der Waals surface area contributed by atoms with Crippen LogP contribution in [-0.2, 0) is 23.2 Å². The molecule has 0 radical (unpaired) electrons. The number of para-hydroxylation sites is 1. The van der Waals surface area contributed by atoms with Crippen molar-refractivity contribution in [3.05, 3.63) is 81.6 Å². The highest BCUT2D eigenvalue weighted by molar-refractivity contribution is 9.11. The van der Waals surface area contributed by atoms with E-state index in [1.807, 2.05) is 36.4 Å². The summed E-state index contributed by atoms with van der Waals surface area (Å²) < 4.78 is 34.7. The summed E-state index contributed by atoms with van der Waals surface area (Å²) in [6.45, 7) is 2.82. The maximum absolute atomic E-state index is 12.9. The van der Waals surface area contributed by atoms with Gasteiger partial charge < -0.3 is 4.74 Å². The summed E-state index contributed by atoms with van der Waals surface area (Å²) in [6.07, 6.45) is 0.815. The highest BCUT2D eigenvalue weighted by Crippen LogP contribution is 2.31. The van der Waals surface area contributed by atoms with Crippen LogP contribution in [0.15, 0.2) is 74.7 Å². The Hall–Kier alpha value is -1.71. The molecule has 4 rings (SSSR count). The summed E-state index contributed by atoms with van der Waals surface area (Å²) in [5, 5.41) is 0. The molecular formula is C23H25BrN2O3S2. The van der Waals surface area contributed by atoms with Gasteiger partial charge in [-0.2, -0.15) is 4.31 Å². The molecule has 0 N–H and O–H groups in total. The van der Waals surface area contributed by atoms with Gasteiger partial charge in [0.2, 0.25) is 0 Å². The van der Waals surface area contributed by atoms with E-state index in [1.165, 1.54) is 15.6 Å². The first-order chi connectivity index (χ1) is 14.9. The summed E-state index contributed by atoms with van der Waals surface area (Å²) in [7, 11) is -1.79. The third kappa shape index (κ3) is 5.38. The summed E-state index contributed by atoms with van der Waals surface area (Å²) in [5.74, 6) is 0.874. The molecule has 0 saturated carbocycles. The van der Waals surface area contributed by atoms with Crippen LogP contribution in [-0.4, -0.2) is 43.8 Å². The standard InChI is InChI=1S/C23H25BrN2O3S2/c1-25(31(27,28)23-12-11-22(24)30-23)20-13-14-26(16-20)15-19-9-5-6-10-21(19)29-17-18-7-3-2-4-8-18/h2-12,20H,13-17H2,1H3. The highest BCUT2D eigenvalue weighted by Gasteiger charge is 2.34. The molecule has 1 unspecified atom stereocenters. The van der Waals surface area contributed by atoms with Crippen LogP contribution in [0.4, 0.5) is 0 Å². The van der Waals surface area contributed by atoms with Crippen molar-refractivity contribution in [3.8, 4) is 5.75 Å². The third-order valence-corrected chi connectivity index (χ3v) is 9.55. The van der Waals surface area contributed by atoms with Gasteiger partial charge in [0.25, 0.3) is 10.0 Å². The van der Waals surface area contributed by atoms with E-state index in [4.69, 9.17) is 4.74 Å². The normalized spacial score (nSPS) is 17.3. The number of rotatable bonds is 8. The minimum atomic E-state index is -3.47. The van der Waals surface area contributed by atoms with Crippen LogP contribution >= 0.6 is 27.3 Å². The predicted octanol–water partition coefficient (Wildman–Crippen LogP) is 4.98. The molecule has 1 aliphatic heterocycles. The fraction of sp³-hybridized carbons (Fsp3) is 0.304. The first kappa shape index (κ1) is 22.5. The minimum absolute atomic E-state index is 0.0386. The van der Waals surface area contributed by atoms with Crippen molar-refractivity contribution in [2.45, 2.75) is 29.8 Å². The average Bonchev–Trinajstić information content (AvgIpc) is 3.43. The second kappa shape index (κ2) is 9.83. The Bertz CT molecular complexity index is 1120. The number of likely N-dealkylation sites (tertiary alicyclic amines) is 1. The van der Waals surface area contributed by atoms with Gasteiger partial charge in [0.05, 0.1) is 3.79 Å². The second-order valence-electron chi connectivity index (χ2n) is 7.64. The van der Waals surface area contributed by atoms with Crippen molar-refractivity contribution in [2.75, 3.05) is 20.1 Å². The van der Waals surface area contributed by atoms with Crippen LogP contribution in [0.3, 0.4) is 0 Å². The number of nitrogens with zero attached hydrogens (tertiary/aromatic N) is 2. The van der Waals surface area contributed by atoms with Gasteiger partial charge in [-0.3, -0.25) is 4.90 Å². The number of hydrogen-bond donors (Lipinski definition) is 0. The largest absolute Gasteiger partial charge is 0.489 e. The number of hydrogen-bond acceptors (Lipinski definition) is 5. The fourth-order valence-electron chi connectivity index (χ4n) is 3.78. The zero-order valence-corrected chi connectivity index (χ0v) is 20.5. The monoisotopic (exact) mass is 520 g/mol. The lowest BCUT2D eigenvalue weighted by Crippen LogP contribution is -2.38. The molecule has 3 aromatic rings. The summed E-state index contributed by atoms with van der Waals surface area (Å²) >= 11 is 4.60. The number of sulfonamides is 1. The SMILES string of the molecule is CN(C1CCN(Cc2ccccc2OCc2ccccc2)C1)S(=O)(=O)c1ccc(Br)s1. The molecule has 8 heteroatoms. The zero-order chi connectivity index (χ0) is 21.8. The van der Waals surface area contributed by atoms with Crippen molar-refractivity contribution < 1.29 is 13.2 Å². The number of likely N-dealkylation sites (N-methyl/N-ethyl adjacent to an activating group) is 1. The van der Waals surface area contributed by atoms with Crippen molar-refractivity contribution in [1.82, 2.24) is 9.21 Å². The quantitative estimate of drug-likeness (QED) is 0.420. The molecule has 1 fully saturated rings. The minimum Gasteiger partial charge on any atom is -0.489 e. The van der Waals surface area contributed by atoms with Gasteiger partial charge in [-0.25, -0.2) is 8.42 Å². The average molecular weight is 522 g/mol. The van der Waals surface area contributed by atoms with E-state index in [2.05, 4.69) is 39.0 Å². The van der Waals surface area contributed by atoms with Crippen molar-refractivity contribution in [1.29, 1.82) is 0 Å². The van der Waals surface area contributed by atoms with Gasteiger partial charge in [0, 0.05) is 38.3 Å². The van der Waals surface area contributed by atoms with Gasteiger partial charge >= 0.3 is 0 Å². The van der Waals surface area contributed by atoms with Crippen LogP contribution in [0.5, 0.6) is 5.75 Å². The summed E-state index contributed by atoms with van der Waals surface area (Å²) in [6, 6.07) is 21.6. The molecule has 31 heavy (non-hydrogen) atoms. The number of halogens is 1. The first-order valence-corrected chi connectivity index (χ1v) is 13.2. The van der Waals surface area contributed by atoms with Crippen LogP contribution in [0.1, 0.15) is 17.5 Å². The summed E-state index contributed by atoms with van der Waals surface area (Å²) in [4.78, 5) is 2.30. The van der Waals surface area contributed by atoms with E-state index in [0.29, 0.717) is 17.4 Å². The second-order valence-corrected chi connectivity index (χ2v) is 12.3. The van der Waals surface area contributed by atoms with Gasteiger partial charge in [0.1, 0.15) is 16.6 Å². The molecule has 2 aromatic carbocycles. The number of benzene rings is 2. The van der Waals surface area contributed by atoms with E-state index >= 15 is 0 Å². The van der Waals surface area contributed by atoms with Crippen LogP contribution in [0, 0.1) is 0 Å². The lowest BCUT2D eigenvalue weighted by atomic mass is 10.2. The van der Waals surface area contributed by atoms with Crippen LogP contribution in [0.2, 0.25) is 0 Å². The molecule has 0 amide bonds. The smallest absolute Gasteiger partial charge is 0.252 e. The van der Waals surface area contributed by atoms with Crippen molar-refractivity contribution in [2.24, 2.45) is 0 Å². The van der Waals surface area contributed by atoms with E-state index < -0.39 is 10.0 Å². The van der Waals surface area contributed by atoms with E-state index in [-0.39, 0.29) is 6.04 Å². The molecule has 0 spiro atoms. The molecule has 0 bridgehead atoms. The lowest BCUT2D eigenvalue weighted by Gasteiger charge is -2.24. The maximum Gasteiger partial charge on any atom is 0.252 e. The Morgan fingerprint density at radius 1 is 1.10 bits per heavy atom. The topological polar surface area (TPSA) is 49.9 Å². The molecule has 1 saturated heterocycles. The van der Waals surface area contributed by atoms with Crippen molar-refractivity contribution >= 4 is 37.3 Å². The molecule has 164 valence electrons. The Balaban J connectivity index is 1.39. The Morgan fingerprint density at radius 2 is 1.84 bits per heavy atom. The lowest BCUT2D eigenvalue weighted by molar-refractivity contribution is 0.276. The highest BCUT2D eigenvalue weighted by atomic mass is 79.9. The number of thiophene rings is 1. The van der Waals surface area contributed by atoms with Gasteiger partial charge in [0.15, 0.2) is 0 Å². The van der Waals surface area contributed by atoms with E-state index in [9.17, 15) is 8.42 Å². The van der Waals surface area contributed by atoms with Gasteiger partial charge in [-0.15, -0.1) is 11.3 Å². The molecule has 5 nitrogen and oxygen atoms in total. The fourth-order valence-corrected chi connectivity index (χ4v) is 7.35. The van der Waals surface area contributed by atoms with Gasteiger partial charge in [-0.05, 0) is 46.1 Å². The Labute approximate surface area is 196 Å². The number of ether oxygens (including phenoxy) is 1. The Kier molecular flexibility index (Phi) is 7.13. The first-order valence-electron chi connectivity index (χ1n) is 10.1. The van der Waals surface area contributed by atoms with E-state index in [1.54, 1.807) is 19.2 Å². The molecule has 2 heterocycles. The van der Waals surface area contributed by atoms with E-state index in [0.717, 1.165) is 40.2 Å². The molecular weight excluding hydrogens is 496 g/mol. The van der Waals surface area contributed by atoms with Gasteiger partial charge in [-0.1, -0.05) is 48.5 Å². The van der Waals surface area contributed by atoms with Crippen LogP contribution < -0.4 is 4.74 Å². The molecule has 0 aliphatic carbocycles. The molecule has 1 atom stereocenters. The zero-order valence-electron chi connectivity index (χ0n) is 17.3.